The molecule has 0 aliphatic rings. The van der Waals surface area contributed by atoms with Gasteiger partial charge < -0.3 is 27.3 Å². The first-order chi connectivity index (χ1) is 12.8. The van der Waals surface area contributed by atoms with Crippen molar-refractivity contribution in [2.24, 2.45) is 11.5 Å². The van der Waals surface area contributed by atoms with E-state index in [1.165, 1.54) is 6.07 Å². The van der Waals surface area contributed by atoms with Crippen LogP contribution in [0.1, 0.15) is 54.3 Å². The summed E-state index contributed by atoms with van der Waals surface area (Å²) < 4.78 is 5.23. The second-order valence-electron chi connectivity index (χ2n) is 7.14. The molecule has 11 heteroatoms. The fourth-order valence-electron chi connectivity index (χ4n) is 2.42. The summed E-state index contributed by atoms with van der Waals surface area (Å²) in [6.45, 7) is 5.11. The lowest BCUT2D eigenvalue weighted by Gasteiger charge is -2.21. The molecule has 0 aliphatic heterocycles. The number of nitrogen functional groups attached to an aromatic ring is 1. The van der Waals surface area contributed by atoms with Crippen LogP contribution in [-0.2, 0) is 4.74 Å². The molecule has 1 rings (SSSR count). The zero-order chi connectivity index (χ0) is 21.6. The molecule has 0 heterocycles. The number of esters is 1. The number of carbonyl (C=O) groups is 2. The molecule has 0 saturated heterocycles. The monoisotopic (exact) mass is 394 g/mol. The number of guanidine groups is 1. The number of carbonyl (C=O) groups excluding carboxylic acids is 2. The van der Waals surface area contributed by atoms with E-state index in [9.17, 15) is 19.7 Å². The summed E-state index contributed by atoms with van der Waals surface area (Å²) in [5.74, 6) is -1.94. The van der Waals surface area contributed by atoms with Crippen molar-refractivity contribution in [3.05, 3.63) is 33.4 Å². The number of nitrogens with one attached hydrogen (secondary N) is 2. The van der Waals surface area contributed by atoms with E-state index in [1.807, 2.05) is 0 Å². The Hall–Kier alpha value is -3.21. The maximum absolute atomic E-state index is 12.8. The number of nitrogens with two attached hydrogens (primary N) is 3. The molecule has 154 valence electrons. The van der Waals surface area contributed by atoms with Crippen molar-refractivity contribution in [2.45, 2.75) is 45.3 Å². The molecular weight excluding hydrogens is 368 g/mol. The van der Waals surface area contributed by atoms with E-state index in [0.29, 0.717) is 13.0 Å². The van der Waals surface area contributed by atoms with E-state index in [-0.39, 0.29) is 23.6 Å². The van der Waals surface area contributed by atoms with Gasteiger partial charge in [-0.25, -0.2) is 4.79 Å². The third-order valence-corrected chi connectivity index (χ3v) is 3.61. The number of ether oxygens (including phenoxy) is 1. The maximum Gasteiger partial charge on any atom is 0.346 e. The molecule has 1 aromatic carbocycles. The first-order valence-corrected chi connectivity index (χ1v) is 8.53. The van der Waals surface area contributed by atoms with Crippen molar-refractivity contribution in [3.63, 3.8) is 0 Å². The SMILES string of the molecule is CC(C)(C)OC(=O)c1c([N+](=O)[O-])ccc(N)c1C(=O)C(N)CCCNC(=N)N. The molecule has 0 aromatic heterocycles. The van der Waals surface area contributed by atoms with Gasteiger partial charge >= 0.3 is 5.97 Å². The number of hydrogen-bond acceptors (Lipinski definition) is 8. The van der Waals surface area contributed by atoms with Crippen LogP contribution >= 0.6 is 0 Å². The predicted molar refractivity (Wildman–Crippen MR) is 104 cm³/mol. The van der Waals surface area contributed by atoms with Gasteiger partial charge in [0.25, 0.3) is 5.69 Å². The van der Waals surface area contributed by atoms with Gasteiger partial charge in [0, 0.05) is 18.3 Å². The minimum Gasteiger partial charge on any atom is -0.456 e. The van der Waals surface area contributed by atoms with Crippen LogP contribution in [0.2, 0.25) is 0 Å². The normalized spacial score (nSPS) is 12.1. The van der Waals surface area contributed by atoms with Crippen LogP contribution < -0.4 is 22.5 Å². The first-order valence-electron chi connectivity index (χ1n) is 8.53. The van der Waals surface area contributed by atoms with Gasteiger partial charge in [0.2, 0.25) is 0 Å². The highest BCUT2D eigenvalue weighted by molar-refractivity contribution is 6.14. The molecule has 1 atom stereocenters. The zero-order valence-electron chi connectivity index (χ0n) is 16.1. The van der Waals surface area contributed by atoms with Gasteiger partial charge in [0.1, 0.15) is 5.60 Å². The number of ketones is 1. The summed E-state index contributed by atoms with van der Waals surface area (Å²) in [4.78, 5) is 36.1. The first kappa shape index (κ1) is 22.8. The van der Waals surface area contributed by atoms with E-state index in [1.54, 1.807) is 20.8 Å². The number of rotatable bonds is 8. The van der Waals surface area contributed by atoms with Crippen molar-refractivity contribution < 1.29 is 19.2 Å². The molecular formula is C17H26N6O5. The maximum atomic E-state index is 12.8. The third-order valence-electron chi connectivity index (χ3n) is 3.61. The van der Waals surface area contributed by atoms with Crippen LogP contribution in [0, 0.1) is 15.5 Å². The van der Waals surface area contributed by atoms with Gasteiger partial charge in [0.05, 0.1) is 16.5 Å². The molecule has 0 saturated carbocycles. The predicted octanol–water partition coefficient (Wildman–Crippen LogP) is 0.906. The van der Waals surface area contributed by atoms with Crippen LogP contribution in [0.5, 0.6) is 0 Å². The Morgan fingerprint density at radius 3 is 2.43 bits per heavy atom. The Morgan fingerprint density at radius 1 is 1.32 bits per heavy atom. The number of nitro benzene ring substituents is 1. The highest BCUT2D eigenvalue weighted by Crippen LogP contribution is 2.30. The fraction of sp³-hybridized carbons (Fsp3) is 0.471. The van der Waals surface area contributed by atoms with Gasteiger partial charge in [-0.3, -0.25) is 20.3 Å². The molecule has 0 radical (unpaired) electrons. The summed E-state index contributed by atoms with van der Waals surface area (Å²) in [6, 6.07) is 1.18. The lowest BCUT2D eigenvalue weighted by molar-refractivity contribution is -0.385. The fourth-order valence-corrected chi connectivity index (χ4v) is 2.42. The topological polar surface area (TPSA) is 200 Å². The van der Waals surface area contributed by atoms with E-state index in [0.717, 1.165) is 6.07 Å². The van der Waals surface area contributed by atoms with Crippen LogP contribution in [0.25, 0.3) is 0 Å². The third kappa shape index (κ3) is 6.20. The summed E-state index contributed by atoms with van der Waals surface area (Å²) >= 11 is 0. The van der Waals surface area contributed by atoms with E-state index in [2.05, 4.69) is 5.32 Å². The van der Waals surface area contributed by atoms with Gasteiger partial charge in [-0.05, 0) is 39.7 Å². The van der Waals surface area contributed by atoms with Crippen LogP contribution in [0.15, 0.2) is 12.1 Å². The summed E-state index contributed by atoms with van der Waals surface area (Å²) in [7, 11) is 0. The number of Topliss-reactive ketones (excluding diaryl/α,β-unsaturated/α-hetero) is 1. The van der Waals surface area contributed by atoms with Crippen molar-refractivity contribution in [3.8, 4) is 0 Å². The number of anilines is 1. The number of benzene rings is 1. The molecule has 0 amide bonds. The van der Waals surface area contributed by atoms with E-state index >= 15 is 0 Å². The molecule has 11 nitrogen and oxygen atoms in total. The lowest BCUT2D eigenvalue weighted by atomic mass is 9.93. The summed E-state index contributed by atoms with van der Waals surface area (Å²) in [6.07, 6.45) is 0.595. The number of nitro groups is 1. The van der Waals surface area contributed by atoms with Crippen LogP contribution in [0.3, 0.4) is 0 Å². The Labute approximate surface area is 162 Å². The molecule has 0 bridgehead atoms. The van der Waals surface area contributed by atoms with Crippen molar-refractivity contribution >= 4 is 29.1 Å². The second kappa shape index (κ2) is 9.13. The molecule has 8 N–H and O–H groups in total. The second-order valence-corrected chi connectivity index (χ2v) is 7.14. The average Bonchev–Trinajstić information content (AvgIpc) is 2.55. The van der Waals surface area contributed by atoms with Gasteiger partial charge in [0.15, 0.2) is 17.3 Å². The van der Waals surface area contributed by atoms with Crippen LogP contribution in [-0.4, -0.2) is 40.8 Å². The smallest absolute Gasteiger partial charge is 0.346 e. The number of hydrogen-bond donors (Lipinski definition) is 5. The molecule has 0 aliphatic carbocycles. The van der Waals surface area contributed by atoms with Gasteiger partial charge in [-0.2, -0.15) is 0 Å². The van der Waals surface area contributed by atoms with Gasteiger partial charge in [-0.1, -0.05) is 0 Å². The number of nitrogens with zero attached hydrogens (tertiary/aromatic N) is 1. The average molecular weight is 394 g/mol. The largest absolute Gasteiger partial charge is 0.456 e. The highest BCUT2D eigenvalue weighted by Gasteiger charge is 2.34. The van der Waals surface area contributed by atoms with Crippen LogP contribution in [0.4, 0.5) is 11.4 Å². The quantitative estimate of drug-likeness (QED) is 0.0620. The summed E-state index contributed by atoms with van der Waals surface area (Å²) in [5.41, 5.74) is 14.5. The van der Waals surface area contributed by atoms with Gasteiger partial charge in [-0.15, -0.1) is 0 Å². The Bertz CT molecular complexity index is 787. The van der Waals surface area contributed by atoms with Crippen molar-refractivity contribution in [2.75, 3.05) is 12.3 Å². The molecule has 1 aromatic rings. The highest BCUT2D eigenvalue weighted by atomic mass is 16.6. The Morgan fingerprint density at radius 2 is 1.93 bits per heavy atom. The molecule has 28 heavy (non-hydrogen) atoms. The lowest BCUT2D eigenvalue weighted by Crippen LogP contribution is -2.35. The van der Waals surface area contributed by atoms with Crippen molar-refractivity contribution in [1.82, 2.24) is 5.32 Å². The zero-order valence-corrected chi connectivity index (χ0v) is 16.1. The summed E-state index contributed by atoms with van der Waals surface area (Å²) in [5, 5.41) is 21.0. The van der Waals surface area contributed by atoms with Crippen molar-refractivity contribution in [1.29, 1.82) is 5.41 Å². The molecule has 0 spiro atoms. The minimum absolute atomic E-state index is 0.103. The minimum atomic E-state index is -1.06. The Kier molecular flexibility index (Phi) is 7.44. The Balaban J connectivity index is 3.27. The molecule has 0 fully saturated rings. The standard InChI is InChI=1S/C17H26N6O5/c1-17(2,3)28-15(25)13-11(23(26)27)7-6-9(18)12(13)14(24)10(19)5-4-8-22-16(20)21/h6-7,10H,4-5,8,18-19H2,1-3H3,(H4,20,21,22). The molecule has 1 unspecified atom stereocenters. The van der Waals surface area contributed by atoms with E-state index in [4.69, 9.17) is 27.3 Å². The van der Waals surface area contributed by atoms with E-state index < -0.39 is 39.6 Å².